The van der Waals surface area contributed by atoms with Crippen LogP contribution in [0.25, 0.3) is 0 Å². The molecule has 3 aromatic rings. The zero-order chi connectivity index (χ0) is 19.1. The highest BCUT2D eigenvalue weighted by Gasteiger charge is 2.10. The van der Waals surface area contributed by atoms with Crippen molar-refractivity contribution in [1.29, 1.82) is 0 Å². The van der Waals surface area contributed by atoms with Crippen LogP contribution in [0.5, 0.6) is 0 Å². The number of thiophene rings is 1. The summed E-state index contributed by atoms with van der Waals surface area (Å²) in [6.45, 7) is 0.525. The van der Waals surface area contributed by atoms with Gasteiger partial charge >= 0.3 is 0 Å². The highest BCUT2D eigenvalue weighted by atomic mass is 32.1. The van der Waals surface area contributed by atoms with Gasteiger partial charge < -0.3 is 20.4 Å². The Hall–Kier alpha value is -3.39. The van der Waals surface area contributed by atoms with Crippen molar-refractivity contribution >= 4 is 34.7 Å². The van der Waals surface area contributed by atoms with Gasteiger partial charge in [0.25, 0.3) is 17.7 Å². The lowest BCUT2D eigenvalue weighted by molar-refractivity contribution is 0.0910. The van der Waals surface area contributed by atoms with Gasteiger partial charge in [0.15, 0.2) is 5.76 Å². The van der Waals surface area contributed by atoms with Gasteiger partial charge in [-0.25, -0.2) is 0 Å². The monoisotopic (exact) mass is 383 g/mol. The van der Waals surface area contributed by atoms with E-state index in [1.807, 2.05) is 5.38 Å². The van der Waals surface area contributed by atoms with E-state index < -0.39 is 0 Å². The van der Waals surface area contributed by atoms with Crippen LogP contribution in [-0.4, -0.2) is 30.8 Å². The van der Waals surface area contributed by atoms with Crippen molar-refractivity contribution in [2.75, 3.05) is 18.4 Å². The highest BCUT2D eigenvalue weighted by molar-refractivity contribution is 7.12. The maximum Gasteiger partial charge on any atom is 0.287 e. The third-order valence-corrected chi connectivity index (χ3v) is 4.44. The molecule has 0 aliphatic heterocycles. The Labute approximate surface area is 159 Å². The molecule has 0 aliphatic rings. The molecule has 3 rings (SSSR count). The van der Waals surface area contributed by atoms with Crippen LogP contribution < -0.4 is 16.0 Å². The second kappa shape index (κ2) is 8.81. The standard InChI is InChI=1S/C19H17N3O4S/c23-17(20-8-9-21-18(24)15-6-2-10-26-15)13-4-1-5-14(12-13)22-19(25)16-7-3-11-27-16/h1-7,10-12H,8-9H2,(H,20,23)(H,21,24)(H,22,25). The van der Waals surface area contributed by atoms with Crippen molar-refractivity contribution < 1.29 is 18.8 Å². The second-order valence-electron chi connectivity index (χ2n) is 5.50. The summed E-state index contributed by atoms with van der Waals surface area (Å²) in [5.41, 5.74) is 0.948. The SMILES string of the molecule is O=C(NCCNC(=O)c1ccco1)c1cccc(NC(=O)c2cccs2)c1. The maximum absolute atomic E-state index is 12.2. The summed E-state index contributed by atoms with van der Waals surface area (Å²) in [6.07, 6.45) is 1.42. The minimum atomic E-state index is -0.340. The molecular formula is C19H17N3O4S. The largest absolute Gasteiger partial charge is 0.459 e. The second-order valence-corrected chi connectivity index (χ2v) is 6.45. The molecule has 0 bridgehead atoms. The van der Waals surface area contributed by atoms with Gasteiger partial charge in [0.05, 0.1) is 11.1 Å². The predicted molar refractivity (Wildman–Crippen MR) is 102 cm³/mol. The summed E-state index contributed by atoms with van der Waals surface area (Å²) >= 11 is 1.34. The van der Waals surface area contributed by atoms with E-state index in [9.17, 15) is 14.4 Å². The number of rotatable bonds is 7. The summed E-state index contributed by atoms with van der Waals surface area (Å²) in [5.74, 6) is -0.638. The third-order valence-electron chi connectivity index (χ3n) is 3.57. The molecule has 0 atom stereocenters. The zero-order valence-electron chi connectivity index (χ0n) is 14.2. The Morgan fingerprint density at radius 3 is 2.41 bits per heavy atom. The molecule has 0 radical (unpaired) electrons. The number of anilines is 1. The van der Waals surface area contributed by atoms with E-state index in [0.29, 0.717) is 16.1 Å². The molecule has 27 heavy (non-hydrogen) atoms. The third kappa shape index (κ3) is 5.05. The number of hydrogen-bond acceptors (Lipinski definition) is 5. The van der Waals surface area contributed by atoms with E-state index in [1.54, 1.807) is 48.5 Å². The fraction of sp³-hybridized carbons (Fsp3) is 0.105. The minimum Gasteiger partial charge on any atom is -0.459 e. The summed E-state index contributed by atoms with van der Waals surface area (Å²) < 4.78 is 4.98. The fourth-order valence-electron chi connectivity index (χ4n) is 2.29. The molecule has 8 heteroatoms. The number of amides is 3. The average molecular weight is 383 g/mol. The van der Waals surface area contributed by atoms with Gasteiger partial charge in [-0.2, -0.15) is 0 Å². The molecule has 0 fully saturated rings. The van der Waals surface area contributed by atoms with Gasteiger partial charge in [-0.15, -0.1) is 11.3 Å². The number of furan rings is 1. The Morgan fingerprint density at radius 2 is 1.70 bits per heavy atom. The molecule has 0 aliphatic carbocycles. The average Bonchev–Trinajstić information content (AvgIpc) is 3.39. The lowest BCUT2D eigenvalue weighted by Gasteiger charge is -2.08. The van der Waals surface area contributed by atoms with Crippen molar-refractivity contribution in [2.45, 2.75) is 0 Å². The molecule has 0 saturated carbocycles. The Morgan fingerprint density at radius 1 is 0.889 bits per heavy atom. The quantitative estimate of drug-likeness (QED) is 0.546. The van der Waals surface area contributed by atoms with Crippen molar-refractivity contribution in [1.82, 2.24) is 10.6 Å². The highest BCUT2D eigenvalue weighted by Crippen LogP contribution is 2.15. The molecule has 1 aromatic carbocycles. The summed E-state index contributed by atoms with van der Waals surface area (Å²) in [6, 6.07) is 13.4. The van der Waals surface area contributed by atoms with Gasteiger partial charge in [-0.1, -0.05) is 12.1 Å². The van der Waals surface area contributed by atoms with Crippen LogP contribution in [0.3, 0.4) is 0 Å². The number of nitrogens with one attached hydrogen (secondary N) is 3. The summed E-state index contributed by atoms with van der Waals surface area (Å²) in [4.78, 5) is 36.6. The molecule has 3 N–H and O–H groups in total. The van der Waals surface area contributed by atoms with Crippen molar-refractivity contribution in [3.05, 3.63) is 76.4 Å². The number of hydrogen-bond donors (Lipinski definition) is 3. The van der Waals surface area contributed by atoms with Crippen molar-refractivity contribution in [3.8, 4) is 0 Å². The van der Waals surface area contributed by atoms with E-state index in [-0.39, 0.29) is 36.6 Å². The molecule has 7 nitrogen and oxygen atoms in total. The van der Waals surface area contributed by atoms with E-state index in [1.165, 1.54) is 17.6 Å². The van der Waals surface area contributed by atoms with Crippen LogP contribution >= 0.6 is 11.3 Å². The number of carbonyl (C=O) groups is 3. The smallest absolute Gasteiger partial charge is 0.287 e. The van der Waals surface area contributed by atoms with Gasteiger partial charge in [-0.05, 0) is 41.8 Å². The van der Waals surface area contributed by atoms with Crippen LogP contribution in [0, 0.1) is 0 Å². The van der Waals surface area contributed by atoms with Crippen molar-refractivity contribution in [2.24, 2.45) is 0 Å². The Kier molecular flexibility index (Phi) is 6.01. The molecular weight excluding hydrogens is 366 g/mol. The van der Waals surface area contributed by atoms with Gasteiger partial charge in [0.1, 0.15) is 0 Å². The van der Waals surface area contributed by atoms with Gasteiger partial charge in [0, 0.05) is 24.3 Å². The Bertz CT molecular complexity index is 920. The fourth-order valence-corrected chi connectivity index (χ4v) is 2.91. The first-order chi connectivity index (χ1) is 13.1. The van der Waals surface area contributed by atoms with Crippen LogP contribution in [0.4, 0.5) is 5.69 Å². The lowest BCUT2D eigenvalue weighted by atomic mass is 10.2. The first-order valence-electron chi connectivity index (χ1n) is 8.18. The van der Waals surface area contributed by atoms with Crippen LogP contribution in [0.15, 0.2) is 64.6 Å². The number of benzene rings is 1. The first-order valence-corrected chi connectivity index (χ1v) is 9.06. The molecule has 2 heterocycles. The van der Waals surface area contributed by atoms with E-state index in [4.69, 9.17) is 4.42 Å². The molecule has 2 aromatic heterocycles. The van der Waals surface area contributed by atoms with E-state index in [2.05, 4.69) is 16.0 Å². The van der Waals surface area contributed by atoms with Gasteiger partial charge in [0.2, 0.25) is 0 Å². The Balaban J connectivity index is 1.48. The van der Waals surface area contributed by atoms with Crippen LogP contribution in [0.1, 0.15) is 30.6 Å². The normalized spacial score (nSPS) is 10.2. The summed E-state index contributed by atoms with van der Waals surface area (Å²) in [7, 11) is 0. The summed E-state index contributed by atoms with van der Waals surface area (Å²) in [5, 5.41) is 9.94. The van der Waals surface area contributed by atoms with Crippen LogP contribution in [0.2, 0.25) is 0 Å². The maximum atomic E-state index is 12.2. The molecule has 0 unspecified atom stereocenters. The lowest BCUT2D eigenvalue weighted by Crippen LogP contribution is -2.34. The van der Waals surface area contributed by atoms with E-state index >= 15 is 0 Å². The van der Waals surface area contributed by atoms with Gasteiger partial charge in [-0.3, -0.25) is 14.4 Å². The first kappa shape index (κ1) is 18.4. The van der Waals surface area contributed by atoms with E-state index in [0.717, 1.165) is 0 Å². The topological polar surface area (TPSA) is 100 Å². The number of carbonyl (C=O) groups excluding carboxylic acids is 3. The predicted octanol–water partition coefficient (Wildman–Crippen LogP) is 2.75. The minimum absolute atomic E-state index is 0.218. The van der Waals surface area contributed by atoms with Crippen LogP contribution in [-0.2, 0) is 0 Å². The molecule has 3 amide bonds. The zero-order valence-corrected chi connectivity index (χ0v) is 15.0. The molecule has 138 valence electrons. The molecule has 0 spiro atoms. The van der Waals surface area contributed by atoms with Crippen molar-refractivity contribution in [3.63, 3.8) is 0 Å². The molecule has 0 saturated heterocycles.